The molecule has 19 heavy (non-hydrogen) atoms. The lowest BCUT2D eigenvalue weighted by atomic mass is 9.95. The SMILES string of the molecule is CC(C)(CO)CNc1nccc(N2CCC(N)C2)n1. The summed E-state index contributed by atoms with van der Waals surface area (Å²) in [5.74, 6) is 1.51. The van der Waals surface area contributed by atoms with E-state index >= 15 is 0 Å². The molecule has 1 aliphatic rings. The van der Waals surface area contributed by atoms with Crippen LogP contribution in [0.15, 0.2) is 12.3 Å². The molecule has 0 aliphatic carbocycles. The summed E-state index contributed by atoms with van der Waals surface area (Å²) in [7, 11) is 0. The maximum Gasteiger partial charge on any atom is 0.224 e. The number of rotatable bonds is 5. The van der Waals surface area contributed by atoms with Crippen molar-refractivity contribution in [2.24, 2.45) is 11.1 Å². The zero-order valence-electron chi connectivity index (χ0n) is 11.6. The third-order valence-electron chi connectivity index (χ3n) is 3.34. The number of nitrogens with two attached hydrogens (primary N) is 1. The van der Waals surface area contributed by atoms with Crippen molar-refractivity contribution in [3.05, 3.63) is 12.3 Å². The van der Waals surface area contributed by atoms with E-state index in [9.17, 15) is 5.11 Å². The number of aromatic nitrogens is 2. The van der Waals surface area contributed by atoms with Crippen LogP contribution in [0.5, 0.6) is 0 Å². The lowest BCUT2D eigenvalue weighted by Crippen LogP contribution is -2.28. The number of nitrogens with one attached hydrogen (secondary N) is 1. The summed E-state index contributed by atoms with van der Waals surface area (Å²) >= 11 is 0. The molecule has 6 nitrogen and oxygen atoms in total. The van der Waals surface area contributed by atoms with Crippen molar-refractivity contribution in [3.63, 3.8) is 0 Å². The van der Waals surface area contributed by atoms with E-state index in [1.165, 1.54) is 0 Å². The van der Waals surface area contributed by atoms with E-state index < -0.39 is 0 Å². The molecule has 0 amide bonds. The molecule has 1 atom stereocenters. The van der Waals surface area contributed by atoms with Crippen LogP contribution in [0.2, 0.25) is 0 Å². The number of aliphatic hydroxyl groups is 1. The minimum atomic E-state index is -0.185. The van der Waals surface area contributed by atoms with Crippen molar-refractivity contribution in [2.45, 2.75) is 26.3 Å². The van der Waals surface area contributed by atoms with Crippen LogP contribution in [0.25, 0.3) is 0 Å². The Hall–Kier alpha value is -1.40. The third-order valence-corrected chi connectivity index (χ3v) is 3.34. The van der Waals surface area contributed by atoms with Gasteiger partial charge in [0.1, 0.15) is 5.82 Å². The summed E-state index contributed by atoms with van der Waals surface area (Å²) in [6.45, 7) is 6.53. The van der Waals surface area contributed by atoms with Gasteiger partial charge in [0.25, 0.3) is 0 Å². The first-order valence-corrected chi connectivity index (χ1v) is 6.68. The van der Waals surface area contributed by atoms with Gasteiger partial charge in [0, 0.05) is 43.9 Å². The summed E-state index contributed by atoms with van der Waals surface area (Å²) < 4.78 is 0. The van der Waals surface area contributed by atoms with Crippen molar-refractivity contribution < 1.29 is 5.11 Å². The number of nitrogens with zero attached hydrogens (tertiary/aromatic N) is 3. The summed E-state index contributed by atoms with van der Waals surface area (Å²) in [6, 6.07) is 2.14. The molecule has 0 spiro atoms. The fourth-order valence-corrected chi connectivity index (χ4v) is 1.98. The van der Waals surface area contributed by atoms with Crippen LogP contribution in [0.1, 0.15) is 20.3 Å². The van der Waals surface area contributed by atoms with E-state index in [4.69, 9.17) is 5.73 Å². The zero-order valence-corrected chi connectivity index (χ0v) is 11.6. The fourth-order valence-electron chi connectivity index (χ4n) is 1.98. The van der Waals surface area contributed by atoms with E-state index in [-0.39, 0.29) is 18.1 Å². The second-order valence-electron chi connectivity index (χ2n) is 5.91. The maximum absolute atomic E-state index is 9.23. The zero-order chi connectivity index (χ0) is 13.9. The largest absolute Gasteiger partial charge is 0.396 e. The molecule has 106 valence electrons. The van der Waals surface area contributed by atoms with Crippen LogP contribution in [-0.4, -0.2) is 47.4 Å². The van der Waals surface area contributed by atoms with Gasteiger partial charge in [-0.15, -0.1) is 0 Å². The number of anilines is 2. The molecule has 0 saturated carbocycles. The second-order valence-corrected chi connectivity index (χ2v) is 5.91. The van der Waals surface area contributed by atoms with Gasteiger partial charge in [-0.25, -0.2) is 4.98 Å². The minimum Gasteiger partial charge on any atom is -0.396 e. The molecular formula is C13H23N5O. The van der Waals surface area contributed by atoms with Crippen LogP contribution >= 0.6 is 0 Å². The van der Waals surface area contributed by atoms with Gasteiger partial charge in [0.05, 0.1) is 0 Å². The van der Waals surface area contributed by atoms with E-state index in [1.807, 2.05) is 19.9 Å². The lowest BCUT2D eigenvalue weighted by Gasteiger charge is -2.22. The Labute approximate surface area is 114 Å². The van der Waals surface area contributed by atoms with Gasteiger partial charge in [-0.05, 0) is 12.5 Å². The molecule has 1 unspecified atom stereocenters. The van der Waals surface area contributed by atoms with Crippen LogP contribution in [0.3, 0.4) is 0 Å². The molecule has 1 fully saturated rings. The monoisotopic (exact) mass is 265 g/mol. The lowest BCUT2D eigenvalue weighted by molar-refractivity contribution is 0.170. The minimum absolute atomic E-state index is 0.126. The molecule has 1 saturated heterocycles. The van der Waals surface area contributed by atoms with Crippen molar-refractivity contribution in [1.82, 2.24) is 9.97 Å². The maximum atomic E-state index is 9.23. The first kappa shape index (κ1) is 14.0. The fraction of sp³-hybridized carbons (Fsp3) is 0.692. The molecule has 0 radical (unpaired) electrons. The molecule has 2 heterocycles. The van der Waals surface area contributed by atoms with Gasteiger partial charge in [0.2, 0.25) is 5.95 Å². The van der Waals surface area contributed by atoms with E-state index in [0.717, 1.165) is 25.3 Å². The van der Waals surface area contributed by atoms with Crippen LogP contribution in [-0.2, 0) is 0 Å². The van der Waals surface area contributed by atoms with Gasteiger partial charge in [-0.3, -0.25) is 0 Å². The van der Waals surface area contributed by atoms with Gasteiger partial charge in [0.15, 0.2) is 0 Å². The van der Waals surface area contributed by atoms with E-state index in [2.05, 4.69) is 20.2 Å². The van der Waals surface area contributed by atoms with Crippen molar-refractivity contribution >= 4 is 11.8 Å². The molecule has 0 bridgehead atoms. The first-order valence-electron chi connectivity index (χ1n) is 6.68. The number of aliphatic hydroxyl groups excluding tert-OH is 1. The Morgan fingerprint density at radius 2 is 2.37 bits per heavy atom. The molecule has 1 aliphatic heterocycles. The quantitative estimate of drug-likeness (QED) is 0.716. The topological polar surface area (TPSA) is 87.3 Å². The standard InChI is InChI=1S/C13H23N5O/c1-13(2,9-19)8-16-12-15-5-3-11(17-12)18-6-4-10(14)7-18/h3,5,10,19H,4,6-9,14H2,1-2H3,(H,15,16,17). The molecule has 6 heteroatoms. The van der Waals surface area contributed by atoms with E-state index in [0.29, 0.717) is 12.5 Å². The normalized spacial score (nSPS) is 19.8. The summed E-state index contributed by atoms with van der Waals surface area (Å²) in [5.41, 5.74) is 5.72. The predicted molar refractivity (Wildman–Crippen MR) is 76.2 cm³/mol. The molecule has 2 rings (SSSR count). The van der Waals surface area contributed by atoms with Gasteiger partial charge >= 0.3 is 0 Å². The average molecular weight is 265 g/mol. The van der Waals surface area contributed by atoms with Crippen LogP contribution < -0.4 is 16.0 Å². The Balaban J connectivity index is 1.99. The average Bonchev–Trinajstić information content (AvgIpc) is 2.84. The Kier molecular flexibility index (Phi) is 4.21. The van der Waals surface area contributed by atoms with Gasteiger partial charge < -0.3 is 21.1 Å². The van der Waals surface area contributed by atoms with Crippen molar-refractivity contribution in [3.8, 4) is 0 Å². The molecule has 1 aromatic heterocycles. The van der Waals surface area contributed by atoms with E-state index in [1.54, 1.807) is 6.20 Å². The van der Waals surface area contributed by atoms with Gasteiger partial charge in [-0.2, -0.15) is 4.98 Å². The Bertz CT molecular complexity index is 423. The summed E-state index contributed by atoms with van der Waals surface area (Å²) in [5, 5.41) is 12.4. The highest BCUT2D eigenvalue weighted by atomic mass is 16.3. The molecule has 1 aromatic rings. The highest BCUT2D eigenvalue weighted by Crippen LogP contribution is 2.19. The number of hydrogen-bond acceptors (Lipinski definition) is 6. The Morgan fingerprint density at radius 3 is 3.00 bits per heavy atom. The highest BCUT2D eigenvalue weighted by molar-refractivity contribution is 5.43. The first-order chi connectivity index (χ1) is 9.00. The molecular weight excluding hydrogens is 242 g/mol. The third kappa shape index (κ3) is 3.78. The second kappa shape index (κ2) is 5.71. The van der Waals surface area contributed by atoms with Crippen LogP contribution in [0.4, 0.5) is 11.8 Å². The highest BCUT2D eigenvalue weighted by Gasteiger charge is 2.21. The summed E-state index contributed by atoms with van der Waals surface area (Å²) in [4.78, 5) is 10.9. The predicted octanol–water partition coefficient (Wildman–Crippen LogP) is 0.444. The van der Waals surface area contributed by atoms with Gasteiger partial charge in [-0.1, -0.05) is 13.8 Å². The van der Waals surface area contributed by atoms with Crippen LogP contribution in [0, 0.1) is 5.41 Å². The van der Waals surface area contributed by atoms with Crippen molar-refractivity contribution in [1.29, 1.82) is 0 Å². The van der Waals surface area contributed by atoms with Crippen molar-refractivity contribution in [2.75, 3.05) is 36.5 Å². The summed E-state index contributed by atoms with van der Waals surface area (Å²) in [6.07, 6.45) is 2.75. The smallest absolute Gasteiger partial charge is 0.224 e. The number of hydrogen-bond donors (Lipinski definition) is 3. The Morgan fingerprint density at radius 1 is 1.58 bits per heavy atom. The molecule has 0 aromatic carbocycles. The molecule has 4 N–H and O–H groups in total.